The van der Waals surface area contributed by atoms with Crippen LogP contribution in [-0.2, 0) is 16.1 Å². The Bertz CT molecular complexity index is 3050. The van der Waals surface area contributed by atoms with E-state index in [1.165, 1.54) is 24.3 Å². The number of piperidine rings is 2. The molecule has 2 aromatic heterocycles. The molecule has 18 heteroatoms. The molecule has 3 unspecified atom stereocenters. The smallest absolute Gasteiger partial charge is 0.319 e. The number of fused-ring (bicyclic) bond motifs is 5. The Balaban J connectivity index is 0.687. The van der Waals surface area contributed by atoms with Gasteiger partial charge in [0.2, 0.25) is 11.8 Å². The summed E-state index contributed by atoms with van der Waals surface area (Å²) in [6.07, 6.45) is 14.2. The fourth-order valence-corrected chi connectivity index (χ4v) is 12.5. The SMILES string of the molecule is C#Cc1c(F)ccc2cc(O)cc(-c3ncc4c(N5CC6CCC(C5)N6)nc(OCC5(CN6CCC(CN7CCN(c8ccc9c(c8Cl)CN(C8CCC(=O)NC8=O)C9=O)CC7)CC6)CC5)nc4c3F)c12. The van der Waals surface area contributed by atoms with E-state index >= 15 is 8.78 Å². The quantitative estimate of drug-likeness (QED) is 0.107. The van der Waals surface area contributed by atoms with E-state index in [0.29, 0.717) is 71.3 Å². The summed E-state index contributed by atoms with van der Waals surface area (Å²) >= 11 is 7.00. The lowest BCUT2D eigenvalue weighted by Gasteiger charge is -2.40. The van der Waals surface area contributed by atoms with E-state index in [2.05, 4.69) is 41.1 Å². The van der Waals surface area contributed by atoms with E-state index < -0.39 is 23.6 Å². The van der Waals surface area contributed by atoms with Crippen LogP contribution in [0.15, 0.2) is 42.6 Å². The summed E-state index contributed by atoms with van der Waals surface area (Å²) in [6, 6.07) is 9.31. The van der Waals surface area contributed by atoms with Gasteiger partial charge in [-0.15, -0.1) is 6.42 Å². The number of anilines is 2. The fourth-order valence-electron chi connectivity index (χ4n) is 12.2. The van der Waals surface area contributed by atoms with E-state index in [9.17, 15) is 19.5 Å². The third kappa shape index (κ3) is 8.55. The minimum Gasteiger partial charge on any atom is -0.508 e. The van der Waals surface area contributed by atoms with Gasteiger partial charge in [-0.05, 0) is 99.7 Å². The largest absolute Gasteiger partial charge is 0.508 e. The zero-order valence-corrected chi connectivity index (χ0v) is 40.1. The number of pyridine rings is 1. The molecular weight excluding hydrogens is 930 g/mol. The van der Waals surface area contributed by atoms with Gasteiger partial charge in [0.15, 0.2) is 5.82 Å². The Kier molecular flexibility index (Phi) is 11.7. The third-order valence-electron chi connectivity index (χ3n) is 16.2. The first-order valence-electron chi connectivity index (χ1n) is 25.0. The molecule has 7 aliphatic rings. The number of aromatic nitrogens is 3. The molecule has 3 amide bonds. The molecule has 15 nitrogen and oxygen atoms in total. The van der Waals surface area contributed by atoms with Crippen molar-refractivity contribution >= 4 is 62.5 Å². The Morgan fingerprint density at radius 3 is 2.41 bits per heavy atom. The summed E-state index contributed by atoms with van der Waals surface area (Å²) in [5, 5.41) is 18.5. The van der Waals surface area contributed by atoms with Crippen LogP contribution in [0.5, 0.6) is 11.8 Å². The number of likely N-dealkylation sites (tertiary alicyclic amines) is 1. The minimum atomic E-state index is -0.733. The van der Waals surface area contributed by atoms with Crippen LogP contribution in [0.3, 0.4) is 0 Å². The molecule has 71 heavy (non-hydrogen) atoms. The number of piperazine rings is 2. The number of benzene rings is 3. The van der Waals surface area contributed by atoms with Gasteiger partial charge in [-0.3, -0.25) is 29.6 Å². The Labute approximate surface area is 414 Å². The number of carbonyl (C=O) groups is 3. The summed E-state index contributed by atoms with van der Waals surface area (Å²) < 4.78 is 38.7. The molecule has 6 fully saturated rings. The van der Waals surface area contributed by atoms with Gasteiger partial charge in [0.1, 0.15) is 34.6 Å². The van der Waals surface area contributed by atoms with E-state index in [4.69, 9.17) is 32.7 Å². The number of halogens is 3. The molecule has 5 aromatic rings. The van der Waals surface area contributed by atoms with Crippen LogP contribution >= 0.6 is 11.6 Å². The Morgan fingerprint density at radius 2 is 1.68 bits per heavy atom. The molecule has 6 aliphatic heterocycles. The van der Waals surface area contributed by atoms with Crippen molar-refractivity contribution in [2.45, 2.75) is 76.0 Å². The molecule has 2 bridgehead atoms. The van der Waals surface area contributed by atoms with Crippen LogP contribution in [0.1, 0.15) is 72.9 Å². The molecule has 3 N–H and O–H groups in total. The Hall–Kier alpha value is -6.19. The number of nitrogens with one attached hydrogen (secondary N) is 2. The van der Waals surface area contributed by atoms with E-state index in [1.807, 2.05) is 12.1 Å². The lowest BCUT2D eigenvalue weighted by atomic mass is 9.94. The average molecular weight is 986 g/mol. The van der Waals surface area contributed by atoms with Crippen molar-refractivity contribution in [2.24, 2.45) is 11.3 Å². The number of nitrogens with zero attached hydrogens (tertiary/aromatic N) is 8. The number of rotatable bonds is 11. The third-order valence-corrected chi connectivity index (χ3v) is 16.6. The van der Waals surface area contributed by atoms with Gasteiger partial charge in [-0.1, -0.05) is 23.6 Å². The molecule has 8 heterocycles. The normalized spacial score (nSPS) is 23.7. The molecule has 0 spiro atoms. The van der Waals surface area contributed by atoms with Gasteiger partial charge >= 0.3 is 6.01 Å². The van der Waals surface area contributed by atoms with Gasteiger partial charge in [0.25, 0.3) is 5.91 Å². The highest BCUT2D eigenvalue weighted by molar-refractivity contribution is 6.35. The highest BCUT2D eigenvalue weighted by Gasteiger charge is 2.46. The lowest BCUT2D eigenvalue weighted by Crippen LogP contribution is -2.52. The first-order valence-corrected chi connectivity index (χ1v) is 25.4. The van der Waals surface area contributed by atoms with Crippen LogP contribution in [0, 0.1) is 35.3 Å². The van der Waals surface area contributed by atoms with Crippen LogP contribution in [-0.4, -0.2) is 143 Å². The number of hydrogen-bond donors (Lipinski definition) is 3. The highest BCUT2D eigenvalue weighted by atomic mass is 35.5. The number of ether oxygens (including phenoxy) is 1. The predicted molar refractivity (Wildman–Crippen MR) is 264 cm³/mol. The number of aromatic hydroxyl groups is 1. The minimum absolute atomic E-state index is 0.0363. The first kappa shape index (κ1) is 45.9. The maximum Gasteiger partial charge on any atom is 0.319 e. The van der Waals surface area contributed by atoms with E-state index in [-0.39, 0.29) is 69.7 Å². The maximum atomic E-state index is 17.1. The maximum absolute atomic E-state index is 17.1. The van der Waals surface area contributed by atoms with Crippen molar-refractivity contribution in [3.05, 3.63) is 75.9 Å². The molecule has 1 aliphatic carbocycles. The van der Waals surface area contributed by atoms with Gasteiger partial charge in [0, 0.05) is 111 Å². The number of hydrogen-bond acceptors (Lipinski definition) is 13. The second-order valence-electron chi connectivity index (χ2n) is 20.8. The molecule has 1 saturated carbocycles. The van der Waals surface area contributed by atoms with Crippen molar-refractivity contribution in [3.8, 4) is 35.4 Å². The standard InChI is InChI=1S/C53H55ClF2N10O5/c1-2-35-40(55)7-3-31-21-34(67)22-37(44(31)35)47-46(56)48-38(23-57-47)49(65-25-32-4-5-33(26-65)58-32)61-52(60-48)71-29-53(13-14-53)28-63-15-11-30(12-16-63)24-62-17-19-64(20-18-62)41-8-6-36-39(45(41)54)27-66(51(36)70)42-9-10-43(68)59-50(42)69/h1,3,6-8,21-23,30,32-33,42,58,67H,4-5,9-20,24-29H2,(H,59,68,69). The second-order valence-corrected chi connectivity index (χ2v) is 21.2. The molecule has 0 radical (unpaired) electrons. The van der Waals surface area contributed by atoms with Crippen molar-refractivity contribution in [1.82, 2.24) is 40.3 Å². The summed E-state index contributed by atoms with van der Waals surface area (Å²) in [5.74, 6) is 1.10. The number of imide groups is 1. The van der Waals surface area contributed by atoms with Crippen molar-refractivity contribution < 1.29 is 33.0 Å². The van der Waals surface area contributed by atoms with Crippen molar-refractivity contribution in [1.29, 1.82) is 0 Å². The topological polar surface area (TPSA) is 160 Å². The summed E-state index contributed by atoms with van der Waals surface area (Å²) in [7, 11) is 0. The fraction of sp³-hybridized carbons (Fsp3) is 0.472. The summed E-state index contributed by atoms with van der Waals surface area (Å²) in [6.45, 7) is 9.45. The lowest BCUT2D eigenvalue weighted by molar-refractivity contribution is -0.136. The number of phenols is 1. The predicted octanol–water partition coefficient (Wildman–Crippen LogP) is 5.86. The van der Waals surface area contributed by atoms with Gasteiger partial charge in [0.05, 0.1) is 28.3 Å². The molecular formula is C53H55ClF2N10O5. The average Bonchev–Trinajstić information content (AvgIpc) is 3.94. The van der Waals surface area contributed by atoms with E-state index in [0.717, 1.165) is 102 Å². The van der Waals surface area contributed by atoms with Crippen molar-refractivity contribution in [2.75, 3.05) is 81.9 Å². The number of terminal acetylenes is 1. The second kappa shape index (κ2) is 18.1. The highest BCUT2D eigenvalue weighted by Crippen LogP contribution is 2.48. The first-order chi connectivity index (χ1) is 34.4. The number of carbonyl (C=O) groups excluding carboxylic acids is 3. The van der Waals surface area contributed by atoms with Gasteiger partial charge in [-0.25, -0.2) is 8.78 Å². The zero-order chi connectivity index (χ0) is 48.7. The molecule has 3 aromatic carbocycles. The van der Waals surface area contributed by atoms with Gasteiger partial charge in [-0.2, -0.15) is 9.97 Å². The number of phenolic OH excluding ortho intramolecular Hbond substituents is 1. The van der Waals surface area contributed by atoms with Crippen LogP contribution < -0.4 is 25.2 Å². The van der Waals surface area contributed by atoms with Crippen LogP contribution in [0.4, 0.5) is 20.3 Å². The van der Waals surface area contributed by atoms with Gasteiger partial charge < -0.3 is 34.8 Å². The van der Waals surface area contributed by atoms with Crippen LogP contribution in [0.2, 0.25) is 5.02 Å². The molecule has 3 atom stereocenters. The zero-order valence-electron chi connectivity index (χ0n) is 39.4. The Morgan fingerprint density at radius 1 is 0.901 bits per heavy atom. The van der Waals surface area contributed by atoms with Crippen molar-refractivity contribution in [3.63, 3.8) is 0 Å². The molecule has 12 rings (SSSR count). The summed E-state index contributed by atoms with van der Waals surface area (Å²) in [4.78, 5) is 63.0. The van der Waals surface area contributed by atoms with E-state index in [1.54, 1.807) is 11.1 Å². The van der Waals surface area contributed by atoms with Crippen LogP contribution in [0.25, 0.3) is 32.9 Å². The molecule has 5 saturated heterocycles. The number of amides is 3. The summed E-state index contributed by atoms with van der Waals surface area (Å²) in [5.41, 5.74) is 2.17. The monoisotopic (exact) mass is 984 g/mol. The molecule has 368 valence electrons.